The smallest absolute Gasteiger partial charge is 0.318 e. The van der Waals surface area contributed by atoms with Crippen molar-refractivity contribution in [3.63, 3.8) is 0 Å². The fourth-order valence-corrected chi connectivity index (χ4v) is 5.66. The standard InChI is InChI=1S/C16H25IO3/c1-2-13(17)14(19)20-10-16-6-11-3-12(7-16)5-15(4-11,8-16)9-18/h11-13,18H,2-10H2,1H3. The highest BCUT2D eigenvalue weighted by Crippen LogP contribution is 2.65. The van der Waals surface area contributed by atoms with Gasteiger partial charge in [-0.3, -0.25) is 4.79 Å². The van der Waals surface area contributed by atoms with Crippen molar-refractivity contribution < 1.29 is 14.6 Å². The minimum Gasteiger partial charge on any atom is -0.464 e. The van der Waals surface area contributed by atoms with E-state index in [0.29, 0.717) is 13.2 Å². The van der Waals surface area contributed by atoms with Gasteiger partial charge in [-0.2, -0.15) is 0 Å². The number of ether oxygens (including phenoxy) is 1. The minimum absolute atomic E-state index is 0.0201. The van der Waals surface area contributed by atoms with Gasteiger partial charge in [-0.1, -0.05) is 29.5 Å². The molecule has 20 heavy (non-hydrogen) atoms. The van der Waals surface area contributed by atoms with E-state index in [9.17, 15) is 9.90 Å². The first kappa shape index (κ1) is 15.1. The molecule has 0 amide bonds. The van der Waals surface area contributed by atoms with Crippen LogP contribution >= 0.6 is 22.6 Å². The fourth-order valence-electron chi connectivity index (χ4n) is 5.48. The summed E-state index contributed by atoms with van der Waals surface area (Å²) in [5.41, 5.74) is 0.317. The van der Waals surface area contributed by atoms with Crippen LogP contribution in [-0.4, -0.2) is 28.2 Å². The van der Waals surface area contributed by atoms with E-state index >= 15 is 0 Å². The number of halogens is 1. The van der Waals surface area contributed by atoms with Crippen LogP contribution in [0.25, 0.3) is 0 Å². The van der Waals surface area contributed by atoms with Crippen LogP contribution in [0.4, 0.5) is 0 Å². The van der Waals surface area contributed by atoms with Crippen molar-refractivity contribution in [1.82, 2.24) is 0 Å². The highest BCUT2D eigenvalue weighted by molar-refractivity contribution is 14.1. The summed E-state index contributed by atoms with van der Waals surface area (Å²) in [7, 11) is 0. The van der Waals surface area contributed by atoms with E-state index in [1.165, 1.54) is 32.1 Å². The number of aliphatic hydroxyl groups excluding tert-OH is 1. The lowest BCUT2D eigenvalue weighted by molar-refractivity contribution is -0.169. The Bertz CT molecular complexity index is 381. The molecule has 4 aliphatic rings. The Morgan fingerprint density at radius 2 is 1.90 bits per heavy atom. The normalized spacial score (nSPS) is 43.5. The predicted octanol–water partition coefficient (Wildman–Crippen LogP) is 3.32. The molecule has 0 saturated heterocycles. The third-order valence-corrected chi connectivity index (χ3v) is 7.16. The van der Waals surface area contributed by atoms with Crippen molar-refractivity contribution >= 4 is 28.6 Å². The topological polar surface area (TPSA) is 46.5 Å². The number of alkyl halides is 1. The number of esters is 1. The number of aliphatic hydroxyl groups is 1. The van der Waals surface area contributed by atoms with Gasteiger partial charge < -0.3 is 9.84 Å². The second kappa shape index (κ2) is 5.41. The highest BCUT2D eigenvalue weighted by Gasteiger charge is 2.57. The van der Waals surface area contributed by atoms with E-state index < -0.39 is 0 Å². The van der Waals surface area contributed by atoms with E-state index in [4.69, 9.17) is 4.74 Å². The van der Waals surface area contributed by atoms with Crippen LogP contribution < -0.4 is 0 Å². The summed E-state index contributed by atoms with van der Waals surface area (Å²) in [6, 6.07) is 0. The molecule has 0 aliphatic heterocycles. The van der Waals surface area contributed by atoms with Gasteiger partial charge in [0.2, 0.25) is 0 Å². The van der Waals surface area contributed by atoms with Crippen LogP contribution in [0, 0.1) is 22.7 Å². The highest BCUT2D eigenvalue weighted by atomic mass is 127. The quantitative estimate of drug-likeness (QED) is 0.444. The Kier molecular flexibility index (Phi) is 4.08. The number of carbonyl (C=O) groups is 1. The van der Waals surface area contributed by atoms with Crippen LogP contribution in [0.3, 0.4) is 0 Å². The molecule has 3 unspecified atom stereocenters. The van der Waals surface area contributed by atoms with Gasteiger partial charge in [-0.05, 0) is 62.2 Å². The van der Waals surface area contributed by atoms with Crippen LogP contribution in [0.15, 0.2) is 0 Å². The molecule has 4 aliphatic carbocycles. The number of carbonyl (C=O) groups excluding carboxylic acids is 1. The molecule has 3 atom stereocenters. The summed E-state index contributed by atoms with van der Waals surface area (Å²) in [5.74, 6) is 1.45. The zero-order chi connectivity index (χ0) is 14.4. The lowest BCUT2D eigenvalue weighted by Crippen LogP contribution is -2.55. The summed E-state index contributed by atoms with van der Waals surface area (Å²) in [5, 5.41) is 9.84. The Morgan fingerprint density at radius 1 is 1.30 bits per heavy atom. The molecule has 0 aromatic rings. The molecule has 3 nitrogen and oxygen atoms in total. The Balaban J connectivity index is 1.68. The monoisotopic (exact) mass is 392 g/mol. The average Bonchev–Trinajstić information content (AvgIpc) is 2.42. The maximum Gasteiger partial charge on any atom is 0.318 e. The van der Waals surface area contributed by atoms with E-state index in [1.807, 2.05) is 6.92 Å². The minimum atomic E-state index is -0.0538. The summed E-state index contributed by atoms with van der Waals surface area (Å²) >= 11 is 2.17. The van der Waals surface area contributed by atoms with E-state index in [0.717, 1.165) is 24.7 Å². The van der Waals surface area contributed by atoms with Gasteiger partial charge >= 0.3 is 5.97 Å². The lowest BCUT2D eigenvalue weighted by Gasteiger charge is -2.61. The van der Waals surface area contributed by atoms with Crippen molar-refractivity contribution in [1.29, 1.82) is 0 Å². The molecule has 0 radical (unpaired) electrons. The van der Waals surface area contributed by atoms with Crippen LogP contribution in [0.2, 0.25) is 0 Å². The molecule has 114 valence electrons. The predicted molar refractivity (Wildman–Crippen MR) is 85.7 cm³/mol. The molecular weight excluding hydrogens is 367 g/mol. The van der Waals surface area contributed by atoms with Gasteiger partial charge in [0.05, 0.1) is 6.61 Å². The van der Waals surface area contributed by atoms with Gasteiger partial charge in [0.25, 0.3) is 0 Å². The first-order valence-electron chi connectivity index (χ1n) is 7.91. The maximum absolute atomic E-state index is 11.9. The molecule has 4 heteroatoms. The molecule has 0 spiro atoms. The van der Waals surface area contributed by atoms with Gasteiger partial charge in [0, 0.05) is 12.0 Å². The van der Waals surface area contributed by atoms with Crippen LogP contribution in [-0.2, 0) is 9.53 Å². The van der Waals surface area contributed by atoms with Gasteiger partial charge in [0.15, 0.2) is 0 Å². The first-order chi connectivity index (χ1) is 9.50. The molecule has 4 saturated carbocycles. The molecule has 0 aromatic carbocycles. The van der Waals surface area contributed by atoms with Crippen molar-refractivity contribution in [3.05, 3.63) is 0 Å². The van der Waals surface area contributed by atoms with E-state index in [2.05, 4.69) is 22.6 Å². The molecule has 0 heterocycles. The fraction of sp³-hybridized carbons (Fsp3) is 0.938. The zero-order valence-corrected chi connectivity index (χ0v) is 14.4. The van der Waals surface area contributed by atoms with Crippen LogP contribution in [0.5, 0.6) is 0 Å². The molecule has 1 N–H and O–H groups in total. The zero-order valence-electron chi connectivity index (χ0n) is 12.2. The lowest BCUT2D eigenvalue weighted by atomic mass is 9.44. The van der Waals surface area contributed by atoms with Crippen molar-refractivity contribution in [2.45, 2.75) is 55.8 Å². The summed E-state index contributed by atoms with van der Waals surface area (Å²) in [4.78, 5) is 11.9. The molecule has 4 rings (SSSR count). The number of rotatable bonds is 5. The summed E-state index contributed by atoms with van der Waals surface area (Å²) in [6.45, 7) is 2.92. The number of hydrogen-bond acceptors (Lipinski definition) is 3. The SMILES string of the molecule is CCC(I)C(=O)OCC12CC3CC(CC(CO)(C3)C1)C2. The Hall–Kier alpha value is 0.160. The number of hydrogen-bond donors (Lipinski definition) is 1. The molecule has 4 bridgehead atoms. The average molecular weight is 392 g/mol. The Labute approximate surface area is 135 Å². The first-order valence-corrected chi connectivity index (χ1v) is 9.16. The van der Waals surface area contributed by atoms with Gasteiger partial charge in [-0.25, -0.2) is 0 Å². The van der Waals surface area contributed by atoms with Crippen molar-refractivity contribution in [2.24, 2.45) is 22.7 Å². The van der Waals surface area contributed by atoms with Gasteiger partial charge in [-0.15, -0.1) is 0 Å². The van der Waals surface area contributed by atoms with Crippen LogP contribution in [0.1, 0.15) is 51.9 Å². The maximum atomic E-state index is 11.9. The van der Waals surface area contributed by atoms with E-state index in [1.54, 1.807) is 0 Å². The molecule has 0 aromatic heterocycles. The molecule has 4 fully saturated rings. The second-order valence-corrected chi connectivity index (χ2v) is 9.11. The largest absolute Gasteiger partial charge is 0.464 e. The molecular formula is C16H25IO3. The van der Waals surface area contributed by atoms with Gasteiger partial charge in [0.1, 0.15) is 3.92 Å². The van der Waals surface area contributed by atoms with Crippen molar-refractivity contribution in [3.8, 4) is 0 Å². The third kappa shape index (κ3) is 2.62. The summed E-state index contributed by atoms with van der Waals surface area (Å²) in [6.07, 6.45) is 8.03. The Morgan fingerprint density at radius 3 is 2.45 bits per heavy atom. The van der Waals surface area contributed by atoms with E-state index in [-0.39, 0.29) is 20.7 Å². The summed E-state index contributed by atoms with van der Waals surface area (Å²) < 4.78 is 5.62. The van der Waals surface area contributed by atoms with Crippen molar-refractivity contribution in [2.75, 3.05) is 13.2 Å². The third-order valence-electron chi connectivity index (χ3n) is 5.77. The second-order valence-electron chi connectivity index (χ2n) is 7.60.